The van der Waals surface area contributed by atoms with Gasteiger partial charge in [-0.2, -0.15) is 0 Å². The van der Waals surface area contributed by atoms with E-state index >= 15 is 0 Å². The van der Waals surface area contributed by atoms with E-state index in [1.165, 1.54) is 0 Å². The highest BCUT2D eigenvalue weighted by atomic mass is 16.2. The van der Waals surface area contributed by atoms with Gasteiger partial charge in [0, 0.05) is 19.8 Å². The van der Waals surface area contributed by atoms with E-state index in [-0.39, 0.29) is 5.91 Å². The molecule has 14 heavy (non-hydrogen) atoms. The Morgan fingerprint density at radius 3 is 2.64 bits per heavy atom. The largest absolute Gasteiger partial charge is 0.398 e. The lowest BCUT2D eigenvalue weighted by Gasteiger charge is -2.13. The van der Waals surface area contributed by atoms with Crippen molar-refractivity contribution in [2.24, 2.45) is 0 Å². The highest BCUT2D eigenvalue weighted by Crippen LogP contribution is 2.13. The first-order valence-corrected chi connectivity index (χ1v) is 4.35. The number of nitrogens with two attached hydrogens (primary N) is 1. The zero-order chi connectivity index (χ0) is 10.7. The third-order valence-corrected chi connectivity index (χ3v) is 1.78. The lowest BCUT2D eigenvalue weighted by molar-refractivity contribution is 0.0858. The van der Waals surface area contributed by atoms with Crippen LogP contribution < -0.4 is 11.2 Å². The SMILES string of the molecule is Cc1ccc(N)c(C(=O)NN(C)C)c1. The highest BCUT2D eigenvalue weighted by Gasteiger charge is 2.09. The third-order valence-electron chi connectivity index (χ3n) is 1.78. The summed E-state index contributed by atoms with van der Waals surface area (Å²) in [6.45, 7) is 1.92. The second-order valence-corrected chi connectivity index (χ2v) is 3.43. The first kappa shape index (κ1) is 10.5. The molecule has 0 saturated carbocycles. The summed E-state index contributed by atoms with van der Waals surface area (Å²) in [4.78, 5) is 11.6. The number of benzene rings is 1. The van der Waals surface area contributed by atoms with Crippen molar-refractivity contribution in [1.29, 1.82) is 0 Å². The molecule has 0 aliphatic rings. The molecule has 1 amide bonds. The van der Waals surface area contributed by atoms with Gasteiger partial charge in [-0.15, -0.1) is 0 Å². The summed E-state index contributed by atoms with van der Waals surface area (Å²) in [5.74, 6) is -0.184. The van der Waals surface area contributed by atoms with Crippen molar-refractivity contribution in [3.63, 3.8) is 0 Å². The quantitative estimate of drug-likeness (QED) is 0.539. The number of carbonyl (C=O) groups excluding carboxylic acids is 1. The Kier molecular flexibility index (Phi) is 3.09. The summed E-state index contributed by atoms with van der Waals surface area (Å²) < 4.78 is 0. The van der Waals surface area contributed by atoms with Gasteiger partial charge >= 0.3 is 0 Å². The molecule has 1 rings (SSSR count). The van der Waals surface area contributed by atoms with Crippen molar-refractivity contribution >= 4 is 11.6 Å². The molecular formula is C10H15N3O. The molecule has 1 aromatic rings. The number of hydrogen-bond acceptors (Lipinski definition) is 3. The summed E-state index contributed by atoms with van der Waals surface area (Å²) >= 11 is 0. The van der Waals surface area contributed by atoms with Crippen molar-refractivity contribution in [3.05, 3.63) is 29.3 Å². The van der Waals surface area contributed by atoms with E-state index in [4.69, 9.17) is 5.73 Å². The molecule has 0 bridgehead atoms. The Hall–Kier alpha value is -1.55. The first-order chi connectivity index (χ1) is 6.50. The van der Waals surface area contributed by atoms with Crippen LogP contribution in [0.4, 0.5) is 5.69 Å². The lowest BCUT2D eigenvalue weighted by atomic mass is 10.1. The zero-order valence-electron chi connectivity index (χ0n) is 8.66. The summed E-state index contributed by atoms with van der Waals surface area (Å²) in [5, 5.41) is 1.59. The summed E-state index contributed by atoms with van der Waals surface area (Å²) in [7, 11) is 3.51. The van der Waals surface area contributed by atoms with Crippen LogP contribution in [0, 0.1) is 6.92 Å². The molecule has 0 aliphatic heterocycles. The number of aryl methyl sites for hydroxylation is 1. The van der Waals surface area contributed by atoms with Crippen LogP contribution in [0.2, 0.25) is 0 Å². The van der Waals surface area contributed by atoms with Crippen LogP contribution in [0.3, 0.4) is 0 Å². The zero-order valence-corrected chi connectivity index (χ0v) is 8.66. The van der Waals surface area contributed by atoms with Gasteiger partial charge in [-0.3, -0.25) is 10.2 Å². The molecule has 0 aromatic heterocycles. The standard InChI is InChI=1S/C10H15N3O/c1-7-4-5-9(11)8(6-7)10(14)12-13(2)3/h4-6H,11H2,1-3H3,(H,12,14). The fraction of sp³-hybridized carbons (Fsp3) is 0.300. The molecule has 0 aliphatic carbocycles. The van der Waals surface area contributed by atoms with Crippen LogP contribution in [0.25, 0.3) is 0 Å². The Balaban J connectivity index is 2.94. The number of hydrazine groups is 1. The van der Waals surface area contributed by atoms with E-state index in [1.807, 2.05) is 13.0 Å². The lowest BCUT2D eigenvalue weighted by Crippen LogP contribution is -2.36. The molecule has 0 radical (unpaired) electrons. The molecule has 4 nitrogen and oxygen atoms in total. The molecule has 0 spiro atoms. The number of hydrogen-bond donors (Lipinski definition) is 2. The van der Waals surface area contributed by atoms with Crippen LogP contribution >= 0.6 is 0 Å². The average Bonchev–Trinajstić information content (AvgIpc) is 2.08. The highest BCUT2D eigenvalue weighted by molar-refractivity contribution is 5.98. The molecule has 1 aromatic carbocycles. The summed E-state index contributed by atoms with van der Waals surface area (Å²) in [5.41, 5.74) is 10.4. The summed E-state index contributed by atoms with van der Waals surface area (Å²) in [6.07, 6.45) is 0. The van der Waals surface area contributed by atoms with Gasteiger partial charge in [0.25, 0.3) is 5.91 Å². The number of carbonyl (C=O) groups is 1. The van der Waals surface area contributed by atoms with Crippen LogP contribution in [0.15, 0.2) is 18.2 Å². The minimum Gasteiger partial charge on any atom is -0.398 e. The van der Waals surface area contributed by atoms with E-state index in [9.17, 15) is 4.79 Å². The fourth-order valence-electron chi connectivity index (χ4n) is 1.13. The number of nitrogens with zero attached hydrogens (tertiary/aromatic N) is 1. The van der Waals surface area contributed by atoms with Crippen LogP contribution in [-0.4, -0.2) is 25.0 Å². The normalized spacial score (nSPS) is 10.3. The van der Waals surface area contributed by atoms with Gasteiger partial charge < -0.3 is 5.73 Å². The van der Waals surface area contributed by atoms with E-state index in [0.29, 0.717) is 11.3 Å². The molecule has 0 saturated heterocycles. The predicted octanol–water partition coefficient (Wildman–Crippen LogP) is 0.784. The van der Waals surface area contributed by atoms with Gasteiger partial charge in [0.05, 0.1) is 5.56 Å². The van der Waals surface area contributed by atoms with Gasteiger partial charge in [-0.1, -0.05) is 11.6 Å². The average molecular weight is 193 g/mol. The van der Waals surface area contributed by atoms with Crippen LogP contribution in [-0.2, 0) is 0 Å². The van der Waals surface area contributed by atoms with Crippen LogP contribution in [0.5, 0.6) is 0 Å². The van der Waals surface area contributed by atoms with E-state index in [0.717, 1.165) is 5.56 Å². The van der Waals surface area contributed by atoms with Gasteiger partial charge in [0.1, 0.15) is 0 Å². The van der Waals surface area contributed by atoms with E-state index < -0.39 is 0 Å². The van der Waals surface area contributed by atoms with Gasteiger partial charge in [0.2, 0.25) is 0 Å². The molecular weight excluding hydrogens is 178 g/mol. The van der Waals surface area contributed by atoms with Gasteiger partial charge in [0.15, 0.2) is 0 Å². The monoisotopic (exact) mass is 193 g/mol. The number of anilines is 1. The molecule has 3 N–H and O–H groups in total. The molecule has 0 unspecified atom stereocenters. The second kappa shape index (κ2) is 4.11. The number of nitrogens with one attached hydrogen (secondary N) is 1. The molecule has 76 valence electrons. The maximum Gasteiger partial charge on any atom is 0.267 e. The predicted molar refractivity (Wildman–Crippen MR) is 56.7 cm³/mol. The van der Waals surface area contributed by atoms with Crippen molar-refractivity contribution in [2.45, 2.75) is 6.92 Å². The second-order valence-electron chi connectivity index (χ2n) is 3.43. The smallest absolute Gasteiger partial charge is 0.267 e. The topological polar surface area (TPSA) is 58.4 Å². The number of nitrogen functional groups attached to an aromatic ring is 1. The first-order valence-electron chi connectivity index (χ1n) is 4.35. The molecule has 0 fully saturated rings. The molecule has 4 heteroatoms. The fourth-order valence-corrected chi connectivity index (χ4v) is 1.13. The van der Waals surface area contributed by atoms with E-state index in [1.54, 1.807) is 31.2 Å². The Morgan fingerprint density at radius 1 is 1.43 bits per heavy atom. The number of rotatable bonds is 2. The number of amides is 1. The van der Waals surface area contributed by atoms with Crippen molar-refractivity contribution in [2.75, 3.05) is 19.8 Å². The molecule has 0 atom stereocenters. The summed E-state index contributed by atoms with van der Waals surface area (Å²) in [6, 6.07) is 5.38. The maximum atomic E-state index is 11.6. The van der Waals surface area contributed by atoms with Gasteiger partial charge in [-0.25, -0.2) is 5.01 Å². The van der Waals surface area contributed by atoms with Crippen molar-refractivity contribution < 1.29 is 4.79 Å². The Bertz CT molecular complexity index is 347. The maximum absolute atomic E-state index is 11.6. The van der Waals surface area contributed by atoms with Crippen molar-refractivity contribution in [1.82, 2.24) is 10.4 Å². The van der Waals surface area contributed by atoms with Crippen LogP contribution in [0.1, 0.15) is 15.9 Å². The Morgan fingerprint density at radius 2 is 2.07 bits per heavy atom. The Labute approximate surface area is 83.7 Å². The minimum absolute atomic E-state index is 0.184. The molecule has 0 heterocycles. The van der Waals surface area contributed by atoms with Crippen molar-refractivity contribution in [3.8, 4) is 0 Å². The van der Waals surface area contributed by atoms with E-state index in [2.05, 4.69) is 5.43 Å². The third kappa shape index (κ3) is 2.47. The minimum atomic E-state index is -0.184. The van der Waals surface area contributed by atoms with Gasteiger partial charge in [-0.05, 0) is 19.1 Å².